The van der Waals surface area contributed by atoms with Gasteiger partial charge in [0.25, 0.3) is 0 Å². The van der Waals surface area contributed by atoms with E-state index in [1.54, 1.807) is 13.0 Å². The molecular formula is C20H22ClNO4. The van der Waals surface area contributed by atoms with Crippen LogP contribution in [0, 0.1) is 6.92 Å². The van der Waals surface area contributed by atoms with Crippen LogP contribution in [0.15, 0.2) is 42.5 Å². The number of aryl methyl sites for hydroxylation is 1. The molecule has 6 heteroatoms. The van der Waals surface area contributed by atoms with Gasteiger partial charge in [0.2, 0.25) is 5.91 Å². The first-order valence-electron chi connectivity index (χ1n) is 8.45. The highest BCUT2D eigenvalue weighted by atomic mass is 35.5. The number of esters is 1. The predicted molar refractivity (Wildman–Crippen MR) is 102 cm³/mol. The minimum atomic E-state index is -0.483. The van der Waals surface area contributed by atoms with Gasteiger partial charge in [-0.25, -0.2) is 4.79 Å². The van der Waals surface area contributed by atoms with Gasteiger partial charge in [0.05, 0.1) is 23.8 Å². The summed E-state index contributed by atoms with van der Waals surface area (Å²) in [6.07, 6.45) is 0.914. The summed E-state index contributed by atoms with van der Waals surface area (Å²) >= 11 is 6.08. The van der Waals surface area contributed by atoms with Crippen molar-refractivity contribution in [1.82, 2.24) is 0 Å². The first-order chi connectivity index (χ1) is 12.5. The Bertz CT molecular complexity index is 759. The normalized spacial score (nSPS) is 10.3. The SMILES string of the molecule is CCOC(=O)c1ccc(NC(=O)CCCOc2ccc(C)cc2)cc1Cl. The van der Waals surface area contributed by atoms with Gasteiger partial charge in [-0.05, 0) is 50.6 Å². The maximum absolute atomic E-state index is 12.0. The maximum atomic E-state index is 12.0. The minimum Gasteiger partial charge on any atom is -0.494 e. The molecule has 0 aromatic heterocycles. The third kappa shape index (κ3) is 6.08. The molecule has 0 radical (unpaired) electrons. The Morgan fingerprint density at radius 1 is 1.12 bits per heavy atom. The summed E-state index contributed by atoms with van der Waals surface area (Å²) in [6, 6.07) is 12.5. The first kappa shape index (κ1) is 19.8. The number of hydrogen-bond donors (Lipinski definition) is 1. The number of halogens is 1. The molecule has 1 amide bonds. The zero-order valence-corrected chi connectivity index (χ0v) is 15.6. The van der Waals surface area contributed by atoms with Crippen LogP contribution < -0.4 is 10.1 Å². The lowest BCUT2D eigenvalue weighted by molar-refractivity contribution is -0.116. The second-order valence-corrected chi connectivity index (χ2v) is 6.14. The van der Waals surface area contributed by atoms with Crippen LogP contribution in [0.25, 0.3) is 0 Å². The van der Waals surface area contributed by atoms with Gasteiger partial charge in [-0.3, -0.25) is 4.79 Å². The maximum Gasteiger partial charge on any atom is 0.339 e. The van der Waals surface area contributed by atoms with Crippen molar-refractivity contribution in [2.75, 3.05) is 18.5 Å². The summed E-state index contributed by atoms with van der Waals surface area (Å²) in [4.78, 5) is 23.7. The molecule has 2 aromatic carbocycles. The van der Waals surface area contributed by atoms with Crippen LogP contribution in [0.3, 0.4) is 0 Å². The number of benzene rings is 2. The summed E-state index contributed by atoms with van der Waals surface area (Å²) in [6.45, 7) is 4.47. The van der Waals surface area contributed by atoms with Gasteiger partial charge >= 0.3 is 5.97 Å². The third-order valence-electron chi connectivity index (χ3n) is 3.59. The van der Waals surface area contributed by atoms with Gasteiger partial charge in [-0.2, -0.15) is 0 Å². The summed E-state index contributed by atoms with van der Waals surface area (Å²) < 4.78 is 10.5. The van der Waals surface area contributed by atoms with Crippen molar-refractivity contribution in [3.63, 3.8) is 0 Å². The average molecular weight is 376 g/mol. The van der Waals surface area contributed by atoms with Crippen LogP contribution in [-0.2, 0) is 9.53 Å². The summed E-state index contributed by atoms with van der Waals surface area (Å²) in [5.74, 6) is 0.165. The summed E-state index contributed by atoms with van der Waals surface area (Å²) in [5, 5.41) is 3.00. The number of ether oxygens (including phenoxy) is 2. The fraction of sp³-hybridized carbons (Fsp3) is 0.300. The molecule has 0 unspecified atom stereocenters. The van der Waals surface area contributed by atoms with Crippen LogP contribution in [-0.4, -0.2) is 25.1 Å². The molecule has 0 fully saturated rings. The number of amides is 1. The molecule has 2 aromatic rings. The Kier molecular flexibility index (Phi) is 7.48. The molecule has 0 bridgehead atoms. The van der Waals surface area contributed by atoms with Gasteiger partial charge < -0.3 is 14.8 Å². The van der Waals surface area contributed by atoms with Crippen molar-refractivity contribution in [2.24, 2.45) is 0 Å². The molecular weight excluding hydrogens is 354 g/mol. The smallest absolute Gasteiger partial charge is 0.339 e. The van der Waals surface area contributed by atoms with Crippen LogP contribution in [0.4, 0.5) is 5.69 Å². The van der Waals surface area contributed by atoms with Gasteiger partial charge in [-0.15, -0.1) is 0 Å². The van der Waals surface area contributed by atoms with Crippen molar-refractivity contribution >= 4 is 29.2 Å². The number of carbonyl (C=O) groups is 2. The van der Waals surface area contributed by atoms with E-state index >= 15 is 0 Å². The van der Waals surface area contributed by atoms with Crippen molar-refractivity contribution in [3.8, 4) is 5.75 Å². The second-order valence-electron chi connectivity index (χ2n) is 5.73. The van der Waals surface area contributed by atoms with E-state index in [2.05, 4.69) is 5.32 Å². The Labute approximate surface area is 158 Å². The van der Waals surface area contributed by atoms with Crippen molar-refractivity contribution in [3.05, 3.63) is 58.6 Å². The quantitative estimate of drug-likeness (QED) is 0.540. The molecule has 0 aliphatic rings. The summed E-state index contributed by atoms with van der Waals surface area (Å²) in [7, 11) is 0. The van der Waals surface area contributed by atoms with Crippen LogP contribution >= 0.6 is 11.6 Å². The molecule has 1 N–H and O–H groups in total. The predicted octanol–water partition coefficient (Wildman–Crippen LogP) is 4.62. The first-order valence-corrected chi connectivity index (χ1v) is 8.83. The molecule has 26 heavy (non-hydrogen) atoms. The molecule has 0 spiro atoms. The largest absolute Gasteiger partial charge is 0.494 e. The van der Waals surface area contributed by atoms with Gasteiger partial charge in [0, 0.05) is 12.1 Å². The van der Waals surface area contributed by atoms with Crippen molar-refractivity contribution < 1.29 is 19.1 Å². The average Bonchev–Trinajstić information content (AvgIpc) is 2.60. The van der Waals surface area contributed by atoms with Crippen molar-refractivity contribution in [1.29, 1.82) is 0 Å². The fourth-order valence-electron chi connectivity index (χ4n) is 2.25. The van der Waals surface area contributed by atoms with E-state index in [-0.39, 0.29) is 23.1 Å². The number of carbonyl (C=O) groups excluding carboxylic acids is 2. The monoisotopic (exact) mass is 375 g/mol. The lowest BCUT2D eigenvalue weighted by atomic mass is 10.2. The lowest BCUT2D eigenvalue weighted by Crippen LogP contribution is -2.13. The molecule has 5 nitrogen and oxygen atoms in total. The highest BCUT2D eigenvalue weighted by Crippen LogP contribution is 2.22. The Hall–Kier alpha value is -2.53. The number of hydrogen-bond acceptors (Lipinski definition) is 4. The number of nitrogens with one attached hydrogen (secondary N) is 1. The Morgan fingerprint density at radius 3 is 2.50 bits per heavy atom. The van der Waals surface area contributed by atoms with Crippen LogP contribution in [0.2, 0.25) is 5.02 Å². The van der Waals surface area contributed by atoms with E-state index in [0.717, 1.165) is 5.75 Å². The zero-order valence-electron chi connectivity index (χ0n) is 14.9. The molecule has 138 valence electrons. The lowest BCUT2D eigenvalue weighted by Gasteiger charge is -2.09. The standard InChI is InChI=1S/C20H22ClNO4/c1-3-25-20(24)17-11-8-15(13-18(17)21)22-19(23)5-4-12-26-16-9-6-14(2)7-10-16/h6-11,13H,3-5,12H2,1-2H3,(H,22,23). The highest BCUT2D eigenvalue weighted by Gasteiger charge is 2.12. The fourth-order valence-corrected chi connectivity index (χ4v) is 2.51. The molecule has 2 rings (SSSR count). The number of anilines is 1. The molecule has 0 saturated heterocycles. The van der Waals surface area contributed by atoms with E-state index in [4.69, 9.17) is 21.1 Å². The van der Waals surface area contributed by atoms with E-state index in [0.29, 0.717) is 25.1 Å². The number of rotatable bonds is 8. The summed E-state index contributed by atoms with van der Waals surface area (Å²) in [5.41, 5.74) is 1.98. The van der Waals surface area contributed by atoms with Gasteiger partial charge in [0.1, 0.15) is 5.75 Å². The van der Waals surface area contributed by atoms with Gasteiger partial charge in [-0.1, -0.05) is 29.3 Å². The Balaban J connectivity index is 1.77. The molecule has 0 heterocycles. The second kappa shape index (κ2) is 9.82. The van der Waals surface area contributed by atoms with E-state index in [1.807, 2.05) is 31.2 Å². The Morgan fingerprint density at radius 2 is 1.85 bits per heavy atom. The topological polar surface area (TPSA) is 64.6 Å². The molecule has 0 atom stereocenters. The van der Waals surface area contributed by atoms with Crippen molar-refractivity contribution in [2.45, 2.75) is 26.7 Å². The highest BCUT2D eigenvalue weighted by molar-refractivity contribution is 6.34. The van der Waals surface area contributed by atoms with E-state index in [1.165, 1.54) is 17.7 Å². The minimum absolute atomic E-state index is 0.141. The van der Waals surface area contributed by atoms with E-state index < -0.39 is 5.97 Å². The van der Waals surface area contributed by atoms with Crippen LogP contribution in [0.5, 0.6) is 5.75 Å². The molecule has 0 aliphatic carbocycles. The van der Waals surface area contributed by atoms with E-state index in [9.17, 15) is 9.59 Å². The third-order valence-corrected chi connectivity index (χ3v) is 3.90. The molecule has 0 aliphatic heterocycles. The van der Waals surface area contributed by atoms with Gasteiger partial charge in [0.15, 0.2) is 0 Å². The van der Waals surface area contributed by atoms with Crippen LogP contribution in [0.1, 0.15) is 35.7 Å². The zero-order chi connectivity index (χ0) is 18.9. The molecule has 0 saturated carbocycles.